The third kappa shape index (κ3) is 6.05. The molecular formula is C15H23FN2O2. The molecule has 3 N–H and O–H groups in total. The largest absolute Gasteiger partial charge is 0.370 e. The molecule has 1 unspecified atom stereocenters. The zero-order valence-electron chi connectivity index (χ0n) is 11.8. The number of halogens is 1. The highest BCUT2D eigenvalue weighted by Gasteiger charge is 2.36. The fourth-order valence-electron chi connectivity index (χ4n) is 2.14. The van der Waals surface area contributed by atoms with Crippen LogP contribution >= 0.6 is 0 Å². The van der Waals surface area contributed by atoms with E-state index in [-0.39, 0.29) is 12.3 Å². The molecular weight excluding hydrogens is 259 g/mol. The van der Waals surface area contributed by atoms with E-state index in [1.807, 2.05) is 0 Å². The predicted octanol–water partition coefficient (Wildman–Crippen LogP) is 1.82. The highest BCUT2D eigenvalue weighted by atomic mass is 19.1. The fourth-order valence-corrected chi connectivity index (χ4v) is 2.14. The van der Waals surface area contributed by atoms with E-state index in [2.05, 4.69) is 17.2 Å². The van der Waals surface area contributed by atoms with Crippen LogP contribution in [0.2, 0.25) is 0 Å². The van der Waals surface area contributed by atoms with Crippen molar-refractivity contribution in [1.82, 2.24) is 5.32 Å². The molecule has 0 fully saturated rings. The Morgan fingerprint density at radius 2 is 2.00 bits per heavy atom. The quantitative estimate of drug-likeness (QED) is 0.552. The lowest BCUT2D eigenvalue weighted by Gasteiger charge is -2.20. The summed E-state index contributed by atoms with van der Waals surface area (Å²) in [4.78, 5) is 22.4. The van der Waals surface area contributed by atoms with Gasteiger partial charge in [0.05, 0.1) is 0 Å². The van der Waals surface area contributed by atoms with Gasteiger partial charge in [0.2, 0.25) is 11.6 Å². The molecule has 0 saturated heterocycles. The van der Waals surface area contributed by atoms with Crippen molar-refractivity contribution in [3.63, 3.8) is 0 Å². The van der Waals surface area contributed by atoms with E-state index >= 15 is 0 Å². The minimum atomic E-state index is -2.03. The standard InChI is InChI=1S/C15H23FN2O2/c16-15(10-6-2-1-3-7-11-15)14(20)18-12-8-4-5-9-13(17)19/h1-6,8-10,12H2,(H2,17,19)(H,18,20). The van der Waals surface area contributed by atoms with Gasteiger partial charge in [-0.1, -0.05) is 24.7 Å². The monoisotopic (exact) mass is 282 g/mol. The predicted molar refractivity (Wildman–Crippen MR) is 75.4 cm³/mol. The van der Waals surface area contributed by atoms with Crippen molar-refractivity contribution in [3.8, 4) is 11.8 Å². The minimum absolute atomic E-state index is 0.174. The van der Waals surface area contributed by atoms with Crippen LogP contribution < -0.4 is 11.1 Å². The van der Waals surface area contributed by atoms with Gasteiger partial charge in [-0.15, -0.1) is 0 Å². The Labute approximate surface area is 119 Å². The summed E-state index contributed by atoms with van der Waals surface area (Å²) < 4.78 is 14.4. The summed E-state index contributed by atoms with van der Waals surface area (Å²) in [5.74, 6) is 4.28. The van der Waals surface area contributed by atoms with Gasteiger partial charge < -0.3 is 11.1 Å². The Morgan fingerprint density at radius 3 is 2.75 bits per heavy atom. The topological polar surface area (TPSA) is 72.2 Å². The summed E-state index contributed by atoms with van der Waals surface area (Å²) in [6.07, 6.45) is 5.97. The van der Waals surface area contributed by atoms with Crippen molar-refractivity contribution in [3.05, 3.63) is 0 Å². The van der Waals surface area contributed by atoms with E-state index in [1.54, 1.807) is 0 Å². The molecule has 0 aliphatic heterocycles. The van der Waals surface area contributed by atoms with Crippen molar-refractivity contribution in [2.24, 2.45) is 5.73 Å². The van der Waals surface area contributed by atoms with Crippen molar-refractivity contribution in [1.29, 1.82) is 0 Å². The van der Waals surface area contributed by atoms with Crippen LogP contribution in [-0.4, -0.2) is 24.0 Å². The molecule has 0 bridgehead atoms. The van der Waals surface area contributed by atoms with Crippen LogP contribution in [0.1, 0.15) is 57.8 Å². The fraction of sp³-hybridized carbons (Fsp3) is 0.733. The number of hydrogen-bond donors (Lipinski definition) is 2. The lowest BCUT2D eigenvalue weighted by Crippen LogP contribution is -2.43. The smallest absolute Gasteiger partial charge is 0.270 e. The Balaban J connectivity index is 2.28. The van der Waals surface area contributed by atoms with Gasteiger partial charge >= 0.3 is 0 Å². The number of unbranched alkanes of at least 4 members (excludes halogenated alkanes) is 2. The van der Waals surface area contributed by atoms with Crippen molar-refractivity contribution >= 4 is 11.8 Å². The van der Waals surface area contributed by atoms with Gasteiger partial charge in [0.1, 0.15) is 0 Å². The third-order valence-corrected chi connectivity index (χ3v) is 3.35. The van der Waals surface area contributed by atoms with E-state index in [0.29, 0.717) is 38.6 Å². The zero-order valence-corrected chi connectivity index (χ0v) is 11.8. The maximum atomic E-state index is 14.4. The van der Waals surface area contributed by atoms with Gasteiger partial charge in [0.25, 0.3) is 5.91 Å². The first kappa shape index (κ1) is 16.5. The molecule has 4 nitrogen and oxygen atoms in total. The van der Waals surface area contributed by atoms with Crippen LogP contribution in [0.4, 0.5) is 4.39 Å². The second-order valence-corrected chi connectivity index (χ2v) is 5.20. The Bertz CT molecular complexity index is 400. The first-order valence-corrected chi connectivity index (χ1v) is 7.30. The van der Waals surface area contributed by atoms with Crippen LogP contribution in [0.25, 0.3) is 0 Å². The number of carbonyl (C=O) groups excluding carboxylic acids is 2. The molecule has 112 valence electrons. The lowest BCUT2D eigenvalue weighted by molar-refractivity contribution is -0.130. The molecule has 0 radical (unpaired) electrons. The molecule has 0 spiro atoms. The van der Waals surface area contributed by atoms with E-state index in [0.717, 1.165) is 19.3 Å². The molecule has 0 heterocycles. The third-order valence-electron chi connectivity index (χ3n) is 3.35. The Hall–Kier alpha value is -1.57. The number of amides is 2. The van der Waals surface area contributed by atoms with Crippen molar-refractivity contribution in [2.75, 3.05) is 6.54 Å². The zero-order chi connectivity index (χ0) is 14.8. The number of primary amides is 1. The summed E-state index contributed by atoms with van der Waals surface area (Å²) in [5.41, 5.74) is 2.99. The van der Waals surface area contributed by atoms with E-state index in [4.69, 9.17) is 5.73 Å². The van der Waals surface area contributed by atoms with Crippen molar-refractivity contribution < 1.29 is 14.0 Å². The number of nitrogens with one attached hydrogen (secondary N) is 1. The maximum absolute atomic E-state index is 14.4. The highest BCUT2D eigenvalue weighted by Crippen LogP contribution is 2.22. The van der Waals surface area contributed by atoms with Gasteiger partial charge in [0, 0.05) is 25.8 Å². The molecule has 2 amide bonds. The second kappa shape index (κ2) is 8.57. The van der Waals surface area contributed by atoms with Crippen LogP contribution in [0.15, 0.2) is 0 Å². The Kier molecular flexibility index (Phi) is 7.06. The molecule has 0 aromatic heterocycles. The van der Waals surface area contributed by atoms with Gasteiger partial charge in [-0.3, -0.25) is 9.59 Å². The highest BCUT2D eigenvalue weighted by molar-refractivity contribution is 5.88. The molecule has 1 aliphatic carbocycles. The average Bonchev–Trinajstić information content (AvgIpc) is 2.37. The number of carbonyl (C=O) groups is 2. The SMILES string of the molecule is NC(=O)CCCCCNC(=O)C1(F)C#CCCCCC1. The Morgan fingerprint density at radius 1 is 1.20 bits per heavy atom. The number of hydrogen-bond acceptors (Lipinski definition) is 2. The first-order valence-electron chi connectivity index (χ1n) is 7.30. The van der Waals surface area contributed by atoms with E-state index in [1.165, 1.54) is 0 Å². The van der Waals surface area contributed by atoms with E-state index < -0.39 is 11.6 Å². The molecule has 1 rings (SSSR count). The first-order chi connectivity index (χ1) is 9.54. The van der Waals surface area contributed by atoms with Gasteiger partial charge in [-0.2, -0.15) is 0 Å². The molecule has 1 atom stereocenters. The van der Waals surface area contributed by atoms with Crippen LogP contribution in [-0.2, 0) is 9.59 Å². The average molecular weight is 282 g/mol. The van der Waals surface area contributed by atoms with Crippen LogP contribution in [0.5, 0.6) is 0 Å². The number of alkyl halides is 1. The molecule has 5 heteroatoms. The molecule has 1 aliphatic rings. The van der Waals surface area contributed by atoms with E-state index in [9.17, 15) is 14.0 Å². The normalized spacial score (nSPS) is 22.1. The summed E-state index contributed by atoms with van der Waals surface area (Å²) in [7, 11) is 0. The molecule has 0 aromatic rings. The minimum Gasteiger partial charge on any atom is -0.370 e. The lowest BCUT2D eigenvalue weighted by atomic mass is 9.94. The summed E-state index contributed by atoms with van der Waals surface area (Å²) in [5, 5.41) is 2.60. The van der Waals surface area contributed by atoms with Crippen LogP contribution in [0, 0.1) is 11.8 Å². The van der Waals surface area contributed by atoms with Gasteiger partial charge in [-0.25, -0.2) is 4.39 Å². The summed E-state index contributed by atoms with van der Waals surface area (Å²) in [6, 6.07) is 0. The summed E-state index contributed by atoms with van der Waals surface area (Å²) in [6.45, 7) is 0.408. The van der Waals surface area contributed by atoms with Crippen LogP contribution in [0.3, 0.4) is 0 Å². The van der Waals surface area contributed by atoms with Gasteiger partial charge in [-0.05, 0) is 25.7 Å². The second-order valence-electron chi connectivity index (χ2n) is 5.20. The molecule has 20 heavy (non-hydrogen) atoms. The summed E-state index contributed by atoms with van der Waals surface area (Å²) >= 11 is 0. The van der Waals surface area contributed by atoms with Gasteiger partial charge in [0.15, 0.2) is 0 Å². The molecule has 0 aromatic carbocycles. The number of rotatable bonds is 7. The molecule has 0 saturated carbocycles. The number of nitrogens with two attached hydrogens (primary N) is 1. The van der Waals surface area contributed by atoms with Crippen molar-refractivity contribution in [2.45, 2.75) is 63.5 Å². The maximum Gasteiger partial charge on any atom is 0.270 e.